The first-order valence-corrected chi connectivity index (χ1v) is 15.2. The predicted molar refractivity (Wildman–Crippen MR) is 172 cm³/mol. The molecule has 226 valence electrons. The number of ether oxygens (including phenoxy) is 1. The number of benzene rings is 2. The Labute approximate surface area is 254 Å². The average molecular weight is 592 g/mol. The van der Waals surface area contributed by atoms with Crippen molar-refractivity contribution in [2.24, 2.45) is 0 Å². The molecule has 3 amide bonds. The number of carbonyl (C=O) groups is 3. The van der Waals surface area contributed by atoms with Crippen LogP contribution in [0.5, 0.6) is 0 Å². The highest BCUT2D eigenvalue weighted by Crippen LogP contribution is 2.22. The summed E-state index contributed by atoms with van der Waals surface area (Å²) in [6.07, 6.45) is 4.44. The summed E-state index contributed by atoms with van der Waals surface area (Å²) < 4.78 is 5.50. The first-order valence-electron chi connectivity index (χ1n) is 14.3. The van der Waals surface area contributed by atoms with Crippen molar-refractivity contribution >= 4 is 40.0 Å². The summed E-state index contributed by atoms with van der Waals surface area (Å²) in [5.41, 5.74) is -0.193. The number of rotatable bonds is 11. The summed E-state index contributed by atoms with van der Waals surface area (Å²) in [7, 11) is 5.17. The fourth-order valence-corrected chi connectivity index (χ4v) is 5.21. The molecule has 0 aliphatic carbocycles. The van der Waals surface area contributed by atoms with E-state index in [1.54, 1.807) is 48.4 Å². The van der Waals surface area contributed by atoms with Crippen LogP contribution in [-0.4, -0.2) is 77.5 Å². The second kappa shape index (κ2) is 14.0. The largest absolute Gasteiger partial charge is 0.444 e. The van der Waals surface area contributed by atoms with E-state index in [0.29, 0.717) is 19.4 Å². The molecule has 1 heterocycles. The molecule has 0 saturated heterocycles. The van der Waals surface area contributed by atoms with Crippen molar-refractivity contribution in [3.8, 4) is 0 Å². The van der Waals surface area contributed by atoms with Crippen LogP contribution >= 0.6 is 11.3 Å². The Hall–Kier alpha value is -3.65. The highest BCUT2D eigenvalue weighted by Gasteiger charge is 2.31. The summed E-state index contributed by atoms with van der Waals surface area (Å²) in [5.74, 6) is -0.370. The maximum absolute atomic E-state index is 13.8. The topological polar surface area (TPSA) is 70.2 Å². The van der Waals surface area contributed by atoms with E-state index in [1.807, 2.05) is 64.3 Å². The third-order valence-electron chi connectivity index (χ3n) is 7.45. The Morgan fingerprint density at radius 1 is 0.929 bits per heavy atom. The number of fused-ring (bicyclic) bond motifs is 1. The van der Waals surface area contributed by atoms with Gasteiger partial charge >= 0.3 is 6.09 Å². The minimum absolute atomic E-state index is 0.103. The molecule has 0 bridgehead atoms. The van der Waals surface area contributed by atoms with Crippen molar-refractivity contribution in [1.29, 1.82) is 0 Å². The molecule has 0 unspecified atom stereocenters. The van der Waals surface area contributed by atoms with Crippen molar-refractivity contribution in [1.82, 2.24) is 14.7 Å². The van der Waals surface area contributed by atoms with E-state index in [0.717, 1.165) is 22.8 Å². The molecule has 0 radical (unpaired) electrons. The van der Waals surface area contributed by atoms with Gasteiger partial charge in [0.1, 0.15) is 11.6 Å². The van der Waals surface area contributed by atoms with Gasteiger partial charge in [0, 0.05) is 44.5 Å². The van der Waals surface area contributed by atoms with Crippen LogP contribution in [0.4, 0.5) is 4.79 Å². The van der Waals surface area contributed by atoms with Crippen LogP contribution in [0.3, 0.4) is 0 Å². The summed E-state index contributed by atoms with van der Waals surface area (Å²) >= 11 is 1.67. The van der Waals surface area contributed by atoms with E-state index >= 15 is 0 Å². The highest BCUT2D eigenvalue weighted by molar-refractivity contribution is 7.09. The van der Waals surface area contributed by atoms with Crippen LogP contribution in [0.15, 0.2) is 72.1 Å². The van der Waals surface area contributed by atoms with Gasteiger partial charge in [-0.1, -0.05) is 54.6 Å². The monoisotopic (exact) mass is 591 g/mol. The third-order valence-corrected chi connectivity index (χ3v) is 8.38. The van der Waals surface area contributed by atoms with E-state index in [9.17, 15) is 14.4 Å². The fourth-order valence-electron chi connectivity index (χ4n) is 4.51. The van der Waals surface area contributed by atoms with Gasteiger partial charge in [-0.25, -0.2) is 4.79 Å². The molecule has 0 saturated carbocycles. The summed E-state index contributed by atoms with van der Waals surface area (Å²) in [4.78, 5) is 45.8. The lowest BCUT2D eigenvalue weighted by Crippen LogP contribution is -2.49. The number of nitrogens with zero attached hydrogens (tertiary/aromatic N) is 3. The lowest BCUT2D eigenvalue weighted by Gasteiger charge is -2.36. The molecular formula is C34H45N3O4S. The minimum Gasteiger partial charge on any atom is -0.444 e. The second-order valence-corrected chi connectivity index (χ2v) is 13.4. The Kier molecular flexibility index (Phi) is 11.0. The summed E-state index contributed by atoms with van der Waals surface area (Å²) in [5, 5.41) is 4.26. The first-order chi connectivity index (χ1) is 19.7. The van der Waals surface area contributed by atoms with Crippen LogP contribution in [0.1, 0.15) is 51.5 Å². The lowest BCUT2D eigenvalue weighted by atomic mass is 9.98. The molecule has 3 rings (SSSR count). The molecule has 0 fully saturated rings. The van der Waals surface area contributed by atoms with Crippen molar-refractivity contribution in [2.45, 2.75) is 71.1 Å². The number of carbonyl (C=O) groups excluding carboxylic acids is 3. The van der Waals surface area contributed by atoms with Gasteiger partial charge in [0.05, 0.1) is 0 Å². The van der Waals surface area contributed by atoms with E-state index in [-0.39, 0.29) is 11.8 Å². The molecule has 1 atom stereocenters. The molecule has 2 aromatic carbocycles. The van der Waals surface area contributed by atoms with Gasteiger partial charge in [-0.3, -0.25) is 9.59 Å². The Bertz CT molecular complexity index is 1390. The molecular weight excluding hydrogens is 546 g/mol. The van der Waals surface area contributed by atoms with Crippen LogP contribution in [-0.2, 0) is 27.2 Å². The van der Waals surface area contributed by atoms with Crippen molar-refractivity contribution in [2.75, 3.05) is 27.7 Å². The molecule has 0 aliphatic heterocycles. The lowest BCUT2D eigenvalue weighted by molar-refractivity contribution is -0.141. The van der Waals surface area contributed by atoms with Gasteiger partial charge in [-0.05, 0) is 81.3 Å². The molecule has 8 heteroatoms. The number of amides is 3. The van der Waals surface area contributed by atoms with Crippen LogP contribution in [0, 0.1) is 0 Å². The standard InChI is InChI=1S/C34H45N3O4S/c1-33(2,3)41-32(40)37(8)34(4,5)20-11-16-30(38)36(7)29(31(39)35(6)21-19-28-15-12-22-42-28)24-25-17-18-26-13-9-10-14-27(26)23-25/h9-18,22-23,29H,19-21,24H2,1-8H3/b16-11+/t29-/m1/s1. The molecule has 7 nitrogen and oxygen atoms in total. The normalized spacial score (nSPS) is 12.8. The fraction of sp³-hybridized carbons (Fsp3) is 0.441. The van der Waals surface area contributed by atoms with E-state index in [2.05, 4.69) is 30.3 Å². The SMILES string of the molecule is CN(CCc1cccs1)C(=O)[C@@H](Cc1ccc2ccccc2c1)N(C)C(=O)/C=C/CC(C)(C)N(C)C(=O)OC(C)(C)C. The quantitative estimate of drug-likeness (QED) is 0.237. The van der Waals surface area contributed by atoms with Crippen LogP contribution < -0.4 is 0 Å². The van der Waals surface area contributed by atoms with Crippen LogP contribution in [0.2, 0.25) is 0 Å². The van der Waals surface area contributed by atoms with E-state index in [4.69, 9.17) is 4.74 Å². The predicted octanol–water partition coefficient (Wildman–Crippen LogP) is 6.56. The van der Waals surface area contributed by atoms with Gasteiger partial charge in [-0.15, -0.1) is 11.3 Å². The number of hydrogen-bond donors (Lipinski definition) is 0. The average Bonchev–Trinajstić information content (AvgIpc) is 3.46. The molecule has 1 aromatic heterocycles. The Balaban J connectivity index is 1.76. The molecule has 0 N–H and O–H groups in total. The number of thiophene rings is 1. The van der Waals surface area contributed by atoms with Crippen LogP contribution in [0.25, 0.3) is 10.8 Å². The second-order valence-electron chi connectivity index (χ2n) is 12.4. The van der Waals surface area contributed by atoms with Gasteiger partial charge in [0.25, 0.3) is 0 Å². The smallest absolute Gasteiger partial charge is 0.410 e. The zero-order chi connectivity index (χ0) is 31.1. The minimum atomic E-state index is -0.672. The van der Waals surface area contributed by atoms with Crippen molar-refractivity contribution in [3.05, 3.63) is 82.6 Å². The third kappa shape index (κ3) is 9.18. The number of hydrogen-bond acceptors (Lipinski definition) is 5. The summed E-state index contributed by atoms with van der Waals surface area (Å²) in [6.45, 7) is 9.89. The van der Waals surface area contributed by atoms with Gasteiger partial charge in [-0.2, -0.15) is 0 Å². The van der Waals surface area contributed by atoms with E-state index in [1.165, 1.54) is 15.9 Å². The van der Waals surface area contributed by atoms with E-state index < -0.39 is 23.3 Å². The molecule has 3 aromatic rings. The molecule has 42 heavy (non-hydrogen) atoms. The zero-order valence-corrected chi connectivity index (χ0v) is 27.0. The maximum Gasteiger partial charge on any atom is 0.410 e. The van der Waals surface area contributed by atoms with Gasteiger partial charge in [0.2, 0.25) is 11.8 Å². The Morgan fingerprint density at radius 2 is 1.62 bits per heavy atom. The maximum atomic E-state index is 13.8. The summed E-state index contributed by atoms with van der Waals surface area (Å²) in [6, 6.07) is 17.7. The molecule has 0 aliphatic rings. The number of likely N-dealkylation sites (N-methyl/N-ethyl adjacent to an activating group) is 2. The Morgan fingerprint density at radius 3 is 2.26 bits per heavy atom. The van der Waals surface area contributed by atoms with Gasteiger partial charge in [0.15, 0.2) is 0 Å². The van der Waals surface area contributed by atoms with Crippen molar-refractivity contribution in [3.63, 3.8) is 0 Å². The van der Waals surface area contributed by atoms with Crippen molar-refractivity contribution < 1.29 is 19.1 Å². The highest BCUT2D eigenvalue weighted by atomic mass is 32.1. The first kappa shape index (κ1) is 32.9. The van der Waals surface area contributed by atoms with Gasteiger partial charge < -0.3 is 19.4 Å². The zero-order valence-electron chi connectivity index (χ0n) is 26.2. The molecule has 0 spiro atoms.